The molecular formula is C25H36N4O3. The number of guanidine groups is 1. The molecule has 0 aliphatic carbocycles. The van der Waals surface area contributed by atoms with Crippen LogP contribution in [0.5, 0.6) is 5.75 Å². The number of nitrogens with one attached hydrogen (secondary N) is 2. The van der Waals surface area contributed by atoms with Crippen molar-refractivity contribution < 1.29 is 14.3 Å². The maximum atomic E-state index is 11.9. The normalized spacial score (nSPS) is 12.2. The average molecular weight is 441 g/mol. The number of hydrogen-bond donors (Lipinski definition) is 2. The molecule has 0 aromatic heterocycles. The van der Waals surface area contributed by atoms with Crippen LogP contribution in [0.4, 0.5) is 0 Å². The molecule has 7 heteroatoms. The Morgan fingerprint density at radius 3 is 2.38 bits per heavy atom. The van der Waals surface area contributed by atoms with Gasteiger partial charge >= 0.3 is 0 Å². The molecule has 1 amide bonds. The maximum absolute atomic E-state index is 11.9. The molecule has 2 N–H and O–H groups in total. The van der Waals surface area contributed by atoms with E-state index in [-0.39, 0.29) is 18.6 Å². The van der Waals surface area contributed by atoms with E-state index in [0.717, 1.165) is 18.6 Å². The van der Waals surface area contributed by atoms with E-state index in [0.29, 0.717) is 25.7 Å². The summed E-state index contributed by atoms with van der Waals surface area (Å²) in [6, 6.07) is 18.2. The second-order valence-corrected chi connectivity index (χ2v) is 7.68. The number of rotatable bonds is 12. The summed E-state index contributed by atoms with van der Waals surface area (Å²) in [6.07, 6.45) is 1.73. The fraction of sp³-hybridized carbons (Fsp3) is 0.440. The smallest absolute Gasteiger partial charge is 0.243 e. The Hall–Kier alpha value is -3.06. The molecule has 0 aliphatic heterocycles. The van der Waals surface area contributed by atoms with Crippen molar-refractivity contribution in [3.63, 3.8) is 0 Å². The van der Waals surface area contributed by atoms with Gasteiger partial charge in [-0.05, 0) is 43.0 Å². The van der Waals surface area contributed by atoms with E-state index in [1.54, 1.807) is 21.2 Å². The van der Waals surface area contributed by atoms with Gasteiger partial charge in [0.25, 0.3) is 0 Å². The van der Waals surface area contributed by atoms with Crippen molar-refractivity contribution in [2.45, 2.75) is 25.9 Å². The maximum Gasteiger partial charge on any atom is 0.243 e. The Labute approximate surface area is 191 Å². The van der Waals surface area contributed by atoms with Gasteiger partial charge in [-0.2, -0.15) is 0 Å². The van der Waals surface area contributed by atoms with Crippen LogP contribution in [0.15, 0.2) is 59.6 Å². The summed E-state index contributed by atoms with van der Waals surface area (Å²) in [5, 5.41) is 6.61. The molecule has 0 radical (unpaired) electrons. The Morgan fingerprint density at radius 1 is 1.03 bits per heavy atom. The number of nitrogens with zero attached hydrogens (tertiary/aromatic N) is 2. The molecule has 32 heavy (non-hydrogen) atoms. The second kappa shape index (κ2) is 14.1. The van der Waals surface area contributed by atoms with Gasteiger partial charge in [0.2, 0.25) is 5.91 Å². The zero-order chi connectivity index (χ0) is 23.2. The highest BCUT2D eigenvalue weighted by Crippen LogP contribution is 2.15. The molecule has 2 aromatic carbocycles. The standard InChI is InChI=1S/C25H36N4O3/c1-20(22-9-6-5-7-10-22)32-18-8-16-26-25(28-19-24(30)29(2)3)27-17-15-21-11-13-23(31-4)14-12-21/h5-7,9-14,20H,8,15-19H2,1-4H3,(H2,26,27,28). The van der Waals surface area contributed by atoms with Crippen molar-refractivity contribution in [2.24, 2.45) is 4.99 Å². The minimum Gasteiger partial charge on any atom is -0.497 e. The molecule has 2 rings (SSSR count). The van der Waals surface area contributed by atoms with Crippen LogP contribution in [0.25, 0.3) is 0 Å². The molecule has 0 saturated heterocycles. The third-order valence-electron chi connectivity index (χ3n) is 4.99. The van der Waals surface area contributed by atoms with Gasteiger partial charge in [-0.25, -0.2) is 4.99 Å². The first-order valence-electron chi connectivity index (χ1n) is 11.0. The SMILES string of the molecule is COc1ccc(CCNC(=NCC(=O)N(C)C)NCCCOC(C)c2ccccc2)cc1. The lowest BCUT2D eigenvalue weighted by Gasteiger charge is -2.15. The van der Waals surface area contributed by atoms with E-state index in [9.17, 15) is 4.79 Å². The molecule has 0 heterocycles. The van der Waals surface area contributed by atoms with Gasteiger partial charge in [-0.3, -0.25) is 4.79 Å². The zero-order valence-corrected chi connectivity index (χ0v) is 19.6. The first-order valence-corrected chi connectivity index (χ1v) is 11.0. The molecule has 0 fully saturated rings. The molecule has 1 unspecified atom stereocenters. The number of aliphatic imine (C=N–C) groups is 1. The minimum atomic E-state index is -0.0405. The van der Waals surface area contributed by atoms with Gasteiger partial charge < -0.3 is 25.0 Å². The van der Waals surface area contributed by atoms with Gasteiger partial charge in [0.15, 0.2) is 5.96 Å². The monoisotopic (exact) mass is 440 g/mol. The van der Waals surface area contributed by atoms with Crippen LogP contribution >= 0.6 is 0 Å². The van der Waals surface area contributed by atoms with E-state index in [1.807, 2.05) is 42.5 Å². The largest absolute Gasteiger partial charge is 0.497 e. The molecule has 0 spiro atoms. The highest BCUT2D eigenvalue weighted by atomic mass is 16.5. The number of amides is 1. The van der Waals surface area contributed by atoms with E-state index < -0.39 is 0 Å². The molecule has 2 aromatic rings. The number of ether oxygens (including phenoxy) is 2. The number of benzene rings is 2. The van der Waals surface area contributed by atoms with Crippen LogP contribution in [0.3, 0.4) is 0 Å². The van der Waals surface area contributed by atoms with Gasteiger partial charge in [0, 0.05) is 33.8 Å². The van der Waals surface area contributed by atoms with Crippen LogP contribution < -0.4 is 15.4 Å². The highest BCUT2D eigenvalue weighted by Gasteiger charge is 2.06. The summed E-state index contributed by atoms with van der Waals surface area (Å²) >= 11 is 0. The van der Waals surface area contributed by atoms with Crippen molar-refractivity contribution in [3.05, 3.63) is 65.7 Å². The summed E-state index contributed by atoms with van der Waals surface area (Å²) < 4.78 is 11.1. The number of likely N-dealkylation sites (N-methyl/N-ethyl adjacent to an activating group) is 1. The van der Waals surface area contributed by atoms with Crippen LogP contribution in [0, 0.1) is 0 Å². The summed E-state index contributed by atoms with van der Waals surface area (Å²) in [5.74, 6) is 1.43. The molecule has 0 saturated carbocycles. The minimum absolute atomic E-state index is 0.0405. The predicted octanol–water partition coefficient (Wildman–Crippen LogP) is 3.03. The van der Waals surface area contributed by atoms with Crippen LogP contribution in [-0.4, -0.2) is 64.2 Å². The third kappa shape index (κ3) is 9.39. The van der Waals surface area contributed by atoms with Crippen molar-refractivity contribution >= 4 is 11.9 Å². The average Bonchev–Trinajstić information content (AvgIpc) is 2.82. The van der Waals surface area contributed by atoms with E-state index in [1.165, 1.54) is 16.0 Å². The first kappa shape index (κ1) is 25.2. The molecule has 174 valence electrons. The van der Waals surface area contributed by atoms with Gasteiger partial charge in [0.05, 0.1) is 13.2 Å². The third-order valence-corrected chi connectivity index (χ3v) is 4.99. The predicted molar refractivity (Wildman–Crippen MR) is 129 cm³/mol. The van der Waals surface area contributed by atoms with Crippen molar-refractivity contribution in [1.29, 1.82) is 0 Å². The van der Waals surface area contributed by atoms with Gasteiger partial charge in [-0.15, -0.1) is 0 Å². The van der Waals surface area contributed by atoms with Gasteiger partial charge in [0.1, 0.15) is 12.3 Å². The molecular weight excluding hydrogens is 404 g/mol. The topological polar surface area (TPSA) is 75.2 Å². The lowest BCUT2D eigenvalue weighted by atomic mass is 10.1. The number of carbonyl (C=O) groups excluding carboxylic acids is 1. The Kier molecular flexibility index (Phi) is 11.1. The Balaban J connectivity index is 1.77. The number of methoxy groups -OCH3 is 1. The van der Waals surface area contributed by atoms with E-state index >= 15 is 0 Å². The van der Waals surface area contributed by atoms with Crippen LogP contribution in [0.2, 0.25) is 0 Å². The lowest BCUT2D eigenvalue weighted by molar-refractivity contribution is -0.127. The fourth-order valence-corrected chi connectivity index (χ4v) is 2.94. The summed E-state index contributed by atoms with van der Waals surface area (Å²) in [6.45, 7) is 4.20. The summed E-state index contributed by atoms with van der Waals surface area (Å²) in [4.78, 5) is 17.9. The Bertz CT molecular complexity index is 823. The number of hydrogen-bond acceptors (Lipinski definition) is 4. The molecule has 0 bridgehead atoms. The van der Waals surface area contributed by atoms with Crippen LogP contribution in [-0.2, 0) is 16.0 Å². The number of carbonyl (C=O) groups is 1. The Morgan fingerprint density at radius 2 is 1.72 bits per heavy atom. The first-order chi connectivity index (χ1) is 15.5. The molecule has 7 nitrogen and oxygen atoms in total. The van der Waals surface area contributed by atoms with E-state index in [2.05, 4.69) is 34.7 Å². The quantitative estimate of drug-likeness (QED) is 0.301. The van der Waals surface area contributed by atoms with Crippen molar-refractivity contribution in [1.82, 2.24) is 15.5 Å². The van der Waals surface area contributed by atoms with Crippen molar-refractivity contribution in [2.75, 3.05) is 47.4 Å². The fourth-order valence-electron chi connectivity index (χ4n) is 2.94. The second-order valence-electron chi connectivity index (χ2n) is 7.68. The van der Waals surface area contributed by atoms with Crippen LogP contribution in [0.1, 0.15) is 30.6 Å². The molecule has 0 aliphatic rings. The van der Waals surface area contributed by atoms with E-state index in [4.69, 9.17) is 9.47 Å². The lowest BCUT2D eigenvalue weighted by Crippen LogP contribution is -2.40. The highest BCUT2D eigenvalue weighted by molar-refractivity contribution is 5.84. The van der Waals surface area contributed by atoms with Gasteiger partial charge in [-0.1, -0.05) is 42.5 Å². The molecule has 1 atom stereocenters. The summed E-state index contributed by atoms with van der Waals surface area (Å²) in [5.41, 5.74) is 2.37. The summed E-state index contributed by atoms with van der Waals surface area (Å²) in [7, 11) is 5.12. The zero-order valence-electron chi connectivity index (χ0n) is 19.6. The van der Waals surface area contributed by atoms with Crippen molar-refractivity contribution in [3.8, 4) is 5.75 Å².